The molecule has 3 N–H and O–H groups in total. The van der Waals surface area contributed by atoms with Gasteiger partial charge in [0.25, 0.3) is 0 Å². The molecule has 0 bridgehead atoms. The van der Waals surface area contributed by atoms with E-state index in [9.17, 15) is 5.11 Å². The monoisotopic (exact) mass is 217 g/mol. The second-order valence-corrected chi connectivity index (χ2v) is 4.08. The second-order valence-electron chi connectivity index (χ2n) is 4.08. The van der Waals surface area contributed by atoms with Crippen LogP contribution in [0.1, 0.15) is 37.8 Å². The van der Waals surface area contributed by atoms with Crippen molar-refractivity contribution in [2.45, 2.75) is 26.7 Å². The van der Waals surface area contributed by atoms with Crippen LogP contribution in [0.5, 0.6) is 0 Å². The van der Waals surface area contributed by atoms with Crippen molar-refractivity contribution in [1.29, 1.82) is 0 Å². The maximum atomic E-state index is 9.87. The van der Waals surface area contributed by atoms with Crippen LogP contribution in [-0.2, 0) is 0 Å². The molecule has 86 valence electrons. The number of rotatable bonds is 3. The van der Waals surface area contributed by atoms with Gasteiger partial charge in [0.05, 0.1) is 0 Å². The molecule has 0 amide bonds. The number of aliphatic hydroxyl groups is 1. The van der Waals surface area contributed by atoms with Crippen LogP contribution < -0.4 is 5.73 Å². The van der Waals surface area contributed by atoms with E-state index in [4.69, 9.17) is 5.73 Å². The molecule has 0 radical (unpaired) electrons. The molecule has 0 atom stereocenters. The molecule has 0 aromatic heterocycles. The molecule has 0 fully saturated rings. The summed E-state index contributed by atoms with van der Waals surface area (Å²) in [5.74, 6) is 0.631. The Balaban J connectivity index is 3.16. The lowest BCUT2D eigenvalue weighted by Gasteiger charge is -2.10. The van der Waals surface area contributed by atoms with Crippen molar-refractivity contribution in [1.82, 2.24) is 0 Å². The Kier molecular flexibility index (Phi) is 4.18. The van der Waals surface area contributed by atoms with E-state index in [1.807, 2.05) is 31.2 Å². The maximum absolute atomic E-state index is 9.87. The summed E-state index contributed by atoms with van der Waals surface area (Å²) in [5.41, 5.74) is 8.31. The van der Waals surface area contributed by atoms with E-state index in [-0.39, 0.29) is 5.76 Å². The normalized spacial score (nSPS) is 12.6. The lowest BCUT2D eigenvalue weighted by Crippen LogP contribution is -1.96. The Labute approximate surface area is 97.1 Å². The number of hydrogen-bond donors (Lipinski definition) is 2. The fourth-order valence-corrected chi connectivity index (χ4v) is 1.43. The largest absolute Gasteiger partial charge is 0.507 e. The average molecular weight is 217 g/mol. The van der Waals surface area contributed by atoms with E-state index in [1.165, 1.54) is 5.56 Å². The van der Waals surface area contributed by atoms with Gasteiger partial charge in [0.2, 0.25) is 0 Å². The molecule has 0 heterocycles. The highest BCUT2D eigenvalue weighted by atomic mass is 16.3. The first-order chi connectivity index (χ1) is 7.56. The molecule has 1 rings (SSSR count). The van der Waals surface area contributed by atoms with Crippen LogP contribution in [0.25, 0.3) is 5.76 Å². The van der Waals surface area contributed by atoms with Crippen molar-refractivity contribution < 1.29 is 5.11 Å². The third-order valence-electron chi connectivity index (χ3n) is 2.47. The molecule has 16 heavy (non-hydrogen) atoms. The number of allylic oxidation sites excluding steroid dienone is 3. The van der Waals surface area contributed by atoms with E-state index < -0.39 is 0 Å². The Morgan fingerprint density at radius 2 is 2.06 bits per heavy atom. The summed E-state index contributed by atoms with van der Waals surface area (Å²) in [7, 11) is 0. The molecule has 0 saturated heterocycles. The van der Waals surface area contributed by atoms with Crippen molar-refractivity contribution in [3.63, 3.8) is 0 Å². The van der Waals surface area contributed by atoms with E-state index in [1.54, 1.807) is 12.2 Å². The summed E-state index contributed by atoms with van der Waals surface area (Å²) in [5, 5.41) is 9.87. The van der Waals surface area contributed by atoms with Gasteiger partial charge in [-0.2, -0.15) is 0 Å². The molecule has 1 aromatic rings. The van der Waals surface area contributed by atoms with Crippen molar-refractivity contribution in [2.24, 2.45) is 0 Å². The lowest BCUT2D eigenvalue weighted by molar-refractivity contribution is 0.512. The highest BCUT2D eigenvalue weighted by molar-refractivity contribution is 5.71. The minimum Gasteiger partial charge on any atom is -0.507 e. The molecule has 0 spiro atoms. The zero-order valence-corrected chi connectivity index (χ0v) is 10.1. The summed E-state index contributed by atoms with van der Waals surface area (Å²) >= 11 is 0. The van der Waals surface area contributed by atoms with Gasteiger partial charge < -0.3 is 10.8 Å². The van der Waals surface area contributed by atoms with Crippen LogP contribution in [0.15, 0.2) is 36.4 Å². The van der Waals surface area contributed by atoms with Gasteiger partial charge in [-0.3, -0.25) is 0 Å². The summed E-state index contributed by atoms with van der Waals surface area (Å²) < 4.78 is 0. The van der Waals surface area contributed by atoms with E-state index in [2.05, 4.69) is 13.8 Å². The third kappa shape index (κ3) is 2.89. The Morgan fingerprint density at radius 1 is 1.38 bits per heavy atom. The first-order valence-electron chi connectivity index (χ1n) is 5.48. The average Bonchev–Trinajstić information content (AvgIpc) is 2.26. The van der Waals surface area contributed by atoms with Gasteiger partial charge in [0.1, 0.15) is 5.76 Å². The fraction of sp³-hybridized carbons (Fsp3) is 0.286. The van der Waals surface area contributed by atoms with E-state index in [0.717, 1.165) is 0 Å². The zero-order chi connectivity index (χ0) is 12.1. The molecule has 0 aliphatic rings. The number of anilines is 1. The van der Waals surface area contributed by atoms with Crippen LogP contribution in [-0.4, -0.2) is 5.11 Å². The fourth-order valence-electron chi connectivity index (χ4n) is 1.43. The minimum atomic E-state index is 0.207. The molecular formula is C14H19NO. The number of nitrogen functional groups attached to an aromatic ring is 1. The van der Waals surface area contributed by atoms with E-state index in [0.29, 0.717) is 17.2 Å². The predicted octanol–water partition coefficient (Wildman–Crippen LogP) is 3.87. The Morgan fingerprint density at radius 3 is 2.62 bits per heavy atom. The molecule has 0 aliphatic carbocycles. The topological polar surface area (TPSA) is 46.2 Å². The smallest absolute Gasteiger partial charge is 0.124 e. The molecular weight excluding hydrogens is 198 g/mol. The quantitative estimate of drug-likeness (QED) is 0.458. The Hall–Kier alpha value is -1.70. The molecule has 0 aliphatic heterocycles. The van der Waals surface area contributed by atoms with Crippen molar-refractivity contribution in [2.75, 3.05) is 5.73 Å². The van der Waals surface area contributed by atoms with Crippen LogP contribution in [0, 0.1) is 0 Å². The highest BCUT2D eigenvalue weighted by Gasteiger charge is 2.06. The SMILES string of the molecule is C/C=C\C=C(\O)c1cc(C(C)C)ccc1N. The summed E-state index contributed by atoms with van der Waals surface area (Å²) in [6.45, 7) is 6.13. The summed E-state index contributed by atoms with van der Waals surface area (Å²) in [4.78, 5) is 0. The summed E-state index contributed by atoms with van der Waals surface area (Å²) in [6.07, 6.45) is 5.30. The number of nitrogens with two attached hydrogens (primary N) is 1. The molecule has 0 saturated carbocycles. The molecule has 2 heteroatoms. The van der Waals surface area contributed by atoms with Gasteiger partial charge in [-0.1, -0.05) is 32.1 Å². The van der Waals surface area contributed by atoms with Gasteiger partial charge in [0, 0.05) is 11.3 Å². The van der Waals surface area contributed by atoms with Gasteiger partial charge in [-0.25, -0.2) is 0 Å². The number of aliphatic hydroxyl groups excluding tert-OH is 1. The first-order valence-corrected chi connectivity index (χ1v) is 5.48. The van der Waals surface area contributed by atoms with Crippen molar-refractivity contribution in [3.8, 4) is 0 Å². The van der Waals surface area contributed by atoms with Gasteiger partial charge >= 0.3 is 0 Å². The van der Waals surface area contributed by atoms with Crippen LogP contribution >= 0.6 is 0 Å². The Bertz CT molecular complexity index is 417. The van der Waals surface area contributed by atoms with Gasteiger partial charge in [-0.15, -0.1) is 0 Å². The minimum absolute atomic E-state index is 0.207. The van der Waals surface area contributed by atoms with E-state index >= 15 is 0 Å². The predicted molar refractivity (Wildman–Crippen MR) is 70.4 cm³/mol. The first kappa shape index (κ1) is 12.4. The summed E-state index contributed by atoms with van der Waals surface area (Å²) in [6, 6.07) is 5.77. The molecule has 2 nitrogen and oxygen atoms in total. The molecule has 0 unspecified atom stereocenters. The van der Waals surface area contributed by atoms with Crippen LogP contribution in [0.3, 0.4) is 0 Å². The van der Waals surface area contributed by atoms with Crippen molar-refractivity contribution >= 4 is 11.4 Å². The number of benzene rings is 1. The molecule has 1 aromatic carbocycles. The van der Waals surface area contributed by atoms with Crippen LogP contribution in [0.4, 0.5) is 5.69 Å². The third-order valence-corrected chi connectivity index (χ3v) is 2.47. The maximum Gasteiger partial charge on any atom is 0.124 e. The van der Waals surface area contributed by atoms with Crippen LogP contribution in [0.2, 0.25) is 0 Å². The number of hydrogen-bond acceptors (Lipinski definition) is 2. The highest BCUT2D eigenvalue weighted by Crippen LogP contribution is 2.24. The lowest BCUT2D eigenvalue weighted by atomic mass is 9.99. The standard InChI is InChI=1S/C14H19NO/c1-4-5-6-14(16)12-9-11(10(2)3)7-8-13(12)15/h4-10,16H,15H2,1-3H3/b5-4-,14-6+. The van der Waals surface area contributed by atoms with Gasteiger partial charge in [-0.05, 0) is 36.6 Å². The second kappa shape index (κ2) is 5.40. The zero-order valence-electron chi connectivity index (χ0n) is 10.1. The van der Waals surface area contributed by atoms with Gasteiger partial charge in [0.15, 0.2) is 0 Å². The van der Waals surface area contributed by atoms with Crippen molar-refractivity contribution in [3.05, 3.63) is 47.6 Å².